The van der Waals surface area contributed by atoms with E-state index < -0.39 is 28.5 Å². The van der Waals surface area contributed by atoms with Crippen molar-refractivity contribution < 1.29 is 18.0 Å². The molecule has 0 fully saturated rings. The lowest BCUT2D eigenvalue weighted by atomic mass is 10.0. The summed E-state index contributed by atoms with van der Waals surface area (Å²) in [5.41, 5.74) is 4.02. The van der Waals surface area contributed by atoms with Crippen LogP contribution in [-0.4, -0.2) is 43.8 Å². The van der Waals surface area contributed by atoms with Gasteiger partial charge < -0.3 is 10.2 Å². The number of rotatable bonds is 13. The van der Waals surface area contributed by atoms with Crippen LogP contribution in [0.25, 0.3) is 0 Å². The molecule has 0 bridgehead atoms. The standard InChI is InChI=1S/C36H41N3O4S/c1-5-29(4)37-36(41)34(24-30-15-9-6-10-16-30)38(25-31-17-11-7-12-18-31)35(40)26-39(32-22-21-27(2)28(3)23-32)44(42,43)33-19-13-8-14-20-33/h6-23,29,34H,5,24-26H2,1-4H3,(H,37,41)/t29-,34+/m0/s1. The first-order valence-corrected chi connectivity index (χ1v) is 16.4. The summed E-state index contributed by atoms with van der Waals surface area (Å²) in [5, 5.41) is 3.06. The number of carbonyl (C=O) groups is 2. The molecular formula is C36H41N3O4S. The zero-order valence-electron chi connectivity index (χ0n) is 25.8. The SMILES string of the molecule is CC[C@H](C)NC(=O)[C@@H](Cc1ccccc1)N(Cc1ccccc1)C(=O)CN(c1ccc(C)c(C)c1)S(=O)(=O)c1ccccc1. The van der Waals surface area contributed by atoms with Crippen LogP contribution >= 0.6 is 0 Å². The first kappa shape index (κ1) is 32.5. The average Bonchev–Trinajstić information content (AvgIpc) is 3.04. The van der Waals surface area contributed by atoms with Crippen LogP contribution in [0.1, 0.15) is 42.5 Å². The van der Waals surface area contributed by atoms with Crippen molar-refractivity contribution >= 4 is 27.5 Å². The monoisotopic (exact) mass is 611 g/mol. The van der Waals surface area contributed by atoms with Crippen molar-refractivity contribution in [2.75, 3.05) is 10.8 Å². The highest BCUT2D eigenvalue weighted by molar-refractivity contribution is 7.92. The normalized spacial score (nSPS) is 12.6. The highest BCUT2D eigenvalue weighted by Gasteiger charge is 2.35. The third kappa shape index (κ3) is 8.14. The number of hydrogen-bond acceptors (Lipinski definition) is 4. The molecule has 0 unspecified atom stereocenters. The smallest absolute Gasteiger partial charge is 0.264 e. The number of carbonyl (C=O) groups excluding carboxylic acids is 2. The van der Waals surface area contributed by atoms with Gasteiger partial charge in [-0.2, -0.15) is 0 Å². The maximum absolute atomic E-state index is 14.5. The van der Waals surface area contributed by atoms with Crippen molar-refractivity contribution in [3.05, 3.63) is 131 Å². The van der Waals surface area contributed by atoms with E-state index in [9.17, 15) is 18.0 Å². The van der Waals surface area contributed by atoms with Gasteiger partial charge in [-0.3, -0.25) is 13.9 Å². The summed E-state index contributed by atoms with van der Waals surface area (Å²) in [5.74, 6) is -0.761. The van der Waals surface area contributed by atoms with Gasteiger partial charge in [0.25, 0.3) is 10.0 Å². The van der Waals surface area contributed by atoms with Gasteiger partial charge in [0.2, 0.25) is 11.8 Å². The lowest BCUT2D eigenvalue weighted by molar-refractivity contribution is -0.140. The Hall–Kier alpha value is -4.43. The van der Waals surface area contributed by atoms with Crippen molar-refractivity contribution in [2.24, 2.45) is 0 Å². The van der Waals surface area contributed by atoms with Crippen LogP contribution in [0.5, 0.6) is 0 Å². The molecule has 7 nitrogen and oxygen atoms in total. The number of nitrogens with one attached hydrogen (secondary N) is 1. The van der Waals surface area contributed by atoms with Crippen LogP contribution in [0.3, 0.4) is 0 Å². The molecule has 230 valence electrons. The van der Waals surface area contributed by atoms with E-state index in [1.807, 2.05) is 94.4 Å². The predicted molar refractivity (Wildman–Crippen MR) is 176 cm³/mol. The van der Waals surface area contributed by atoms with Crippen LogP contribution < -0.4 is 9.62 Å². The number of benzene rings is 4. The summed E-state index contributed by atoms with van der Waals surface area (Å²) in [6, 6.07) is 31.5. The Morgan fingerprint density at radius 1 is 0.773 bits per heavy atom. The summed E-state index contributed by atoms with van der Waals surface area (Å²) in [6.07, 6.45) is 1.00. The first-order chi connectivity index (χ1) is 21.1. The van der Waals surface area contributed by atoms with Crippen LogP contribution in [0.4, 0.5) is 5.69 Å². The van der Waals surface area contributed by atoms with Gasteiger partial charge >= 0.3 is 0 Å². The van der Waals surface area contributed by atoms with Crippen LogP contribution in [-0.2, 0) is 32.6 Å². The van der Waals surface area contributed by atoms with Gasteiger partial charge in [-0.1, -0.05) is 91.9 Å². The quantitative estimate of drug-likeness (QED) is 0.199. The van der Waals surface area contributed by atoms with E-state index in [2.05, 4.69) is 5.32 Å². The molecule has 4 aromatic rings. The topological polar surface area (TPSA) is 86.8 Å². The van der Waals surface area contributed by atoms with Gasteiger partial charge in [-0.05, 0) is 73.7 Å². The van der Waals surface area contributed by atoms with Crippen LogP contribution in [0, 0.1) is 13.8 Å². The van der Waals surface area contributed by atoms with E-state index in [0.29, 0.717) is 5.69 Å². The molecule has 4 aromatic carbocycles. The number of sulfonamides is 1. The predicted octanol–water partition coefficient (Wildman–Crippen LogP) is 6.05. The largest absolute Gasteiger partial charge is 0.352 e. The summed E-state index contributed by atoms with van der Waals surface area (Å²) in [7, 11) is -4.13. The van der Waals surface area contributed by atoms with Crippen LogP contribution in [0.2, 0.25) is 0 Å². The molecule has 0 radical (unpaired) electrons. The summed E-state index contributed by atoms with van der Waals surface area (Å²) < 4.78 is 29.4. The van der Waals surface area contributed by atoms with E-state index in [4.69, 9.17) is 0 Å². The fraction of sp³-hybridized carbons (Fsp3) is 0.278. The molecule has 0 spiro atoms. The zero-order valence-corrected chi connectivity index (χ0v) is 26.6. The number of anilines is 1. The van der Waals surface area contributed by atoms with E-state index in [1.54, 1.807) is 30.3 Å². The minimum atomic E-state index is -4.13. The van der Waals surface area contributed by atoms with Gasteiger partial charge in [0, 0.05) is 19.0 Å². The van der Waals surface area contributed by atoms with Gasteiger partial charge in [-0.25, -0.2) is 8.42 Å². The molecule has 0 aliphatic heterocycles. The van der Waals surface area contributed by atoms with E-state index >= 15 is 0 Å². The van der Waals surface area contributed by atoms with Crippen molar-refractivity contribution in [3.63, 3.8) is 0 Å². The van der Waals surface area contributed by atoms with Crippen LogP contribution in [0.15, 0.2) is 114 Å². The van der Waals surface area contributed by atoms with E-state index in [0.717, 1.165) is 33.0 Å². The number of aryl methyl sites for hydroxylation is 2. The van der Waals surface area contributed by atoms with Crippen molar-refractivity contribution in [1.29, 1.82) is 0 Å². The Morgan fingerprint density at radius 3 is 1.91 bits per heavy atom. The Morgan fingerprint density at radius 2 is 1.34 bits per heavy atom. The van der Waals surface area contributed by atoms with Gasteiger partial charge in [0.1, 0.15) is 12.6 Å². The Balaban J connectivity index is 1.80. The molecule has 1 N–H and O–H groups in total. The fourth-order valence-electron chi connectivity index (χ4n) is 4.90. The minimum Gasteiger partial charge on any atom is -0.352 e. The number of amides is 2. The van der Waals surface area contributed by atoms with Crippen molar-refractivity contribution in [1.82, 2.24) is 10.2 Å². The second-order valence-corrected chi connectivity index (χ2v) is 13.0. The molecule has 4 rings (SSSR count). The van der Waals surface area contributed by atoms with Crippen molar-refractivity contribution in [2.45, 2.75) is 64.1 Å². The lowest BCUT2D eigenvalue weighted by Gasteiger charge is -2.34. The maximum Gasteiger partial charge on any atom is 0.264 e. The highest BCUT2D eigenvalue weighted by atomic mass is 32.2. The number of nitrogens with zero attached hydrogens (tertiary/aromatic N) is 2. The summed E-state index contributed by atoms with van der Waals surface area (Å²) in [4.78, 5) is 30.0. The van der Waals surface area contributed by atoms with Gasteiger partial charge in [-0.15, -0.1) is 0 Å². The molecule has 0 aliphatic carbocycles. The molecule has 0 saturated heterocycles. The van der Waals surface area contributed by atoms with Crippen molar-refractivity contribution in [3.8, 4) is 0 Å². The molecular weight excluding hydrogens is 570 g/mol. The van der Waals surface area contributed by atoms with Gasteiger partial charge in [0.05, 0.1) is 10.6 Å². The third-order valence-electron chi connectivity index (χ3n) is 7.86. The minimum absolute atomic E-state index is 0.0796. The molecule has 0 heterocycles. The maximum atomic E-state index is 14.5. The molecule has 8 heteroatoms. The second-order valence-electron chi connectivity index (χ2n) is 11.1. The first-order valence-electron chi connectivity index (χ1n) is 14.9. The fourth-order valence-corrected chi connectivity index (χ4v) is 6.33. The second kappa shape index (κ2) is 14.8. The third-order valence-corrected chi connectivity index (χ3v) is 9.64. The average molecular weight is 612 g/mol. The van der Waals surface area contributed by atoms with E-state index in [-0.39, 0.29) is 29.8 Å². The van der Waals surface area contributed by atoms with E-state index in [1.165, 1.54) is 17.0 Å². The number of hydrogen-bond donors (Lipinski definition) is 1. The molecule has 44 heavy (non-hydrogen) atoms. The molecule has 0 saturated carbocycles. The Labute approximate surface area is 261 Å². The summed E-state index contributed by atoms with van der Waals surface area (Å²) >= 11 is 0. The molecule has 2 atom stereocenters. The molecule has 0 aliphatic rings. The lowest BCUT2D eigenvalue weighted by Crippen LogP contribution is -2.54. The van der Waals surface area contributed by atoms with Gasteiger partial charge in [0.15, 0.2) is 0 Å². The summed E-state index contributed by atoms with van der Waals surface area (Å²) in [6.45, 7) is 7.43. The molecule has 2 amide bonds. The Kier molecular flexibility index (Phi) is 11.0. The Bertz CT molecular complexity index is 1650. The molecule has 0 aromatic heterocycles. The zero-order chi connectivity index (χ0) is 31.7. The highest BCUT2D eigenvalue weighted by Crippen LogP contribution is 2.27.